The van der Waals surface area contributed by atoms with Gasteiger partial charge in [-0.05, 0) is 11.6 Å². The van der Waals surface area contributed by atoms with Gasteiger partial charge in [0.1, 0.15) is 6.10 Å². The summed E-state index contributed by atoms with van der Waals surface area (Å²) in [6, 6.07) is 0.723. The highest BCUT2D eigenvalue weighted by molar-refractivity contribution is 7.81. The van der Waals surface area contributed by atoms with Crippen molar-refractivity contribution in [2.45, 2.75) is 37.3 Å². The number of quaternary nitrogens is 1. The van der Waals surface area contributed by atoms with Crippen LogP contribution in [-0.4, -0.2) is 57.3 Å². The minimum absolute atomic E-state index is 0.0505. The van der Waals surface area contributed by atoms with E-state index in [0.29, 0.717) is 0 Å². The second kappa shape index (κ2) is 5.57. The van der Waals surface area contributed by atoms with Gasteiger partial charge in [0.2, 0.25) is 0 Å². The molecule has 0 aliphatic carbocycles. The van der Waals surface area contributed by atoms with E-state index in [9.17, 15) is 33.1 Å². The first-order chi connectivity index (χ1) is 11.1. The summed E-state index contributed by atoms with van der Waals surface area (Å²) in [5.74, 6) is -1.65. The number of hydrogen-bond donors (Lipinski definition) is 4. The highest BCUT2D eigenvalue weighted by Crippen LogP contribution is 2.43. The van der Waals surface area contributed by atoms with Gasteiger partial charge in [0.05, 0.1) is 18.7 Å². The molecule has 0 aromatic heterocycles. The second-order valence-electron chi connectivity index (χ2n) is 5.87. The zero-order valence-electron chi connectivity index (χ0n) is 12.3. The molecule has 4 atom stereocenters. The van der Waals surface area contributed by atoms with E-state index < -0.39 is 52.1 Å². The van der Waals surface area contributed by atoms with Gasteiger partial charge in [0.15, 0.2) is 17.5 Å². The Kier molecular flexibility index (Phi) is 3.92. The maximum atomic E-state index is 12.3. The summed E-state index contributed by atoms with van der Waals surface area (Å²) in [6.07, 6.45) is -2.17. The quantitative estimate of drug-likeness (QED) is 0.326. The highest BCUT2D eigenvalue weighted by Gasteiger charge is 2.48. The average molecular weight is 360 g/mol. The van der Waals surface area contributed by atoms with Crippen LogP contribution in [0.5, 0.6) is 11.5 Å². The van der Waals surface area contributed by atoms with E-state index in [-0.39, 0.29) is 24.1 Å². The van der Waals surface area contributed by atoms with Crippen molar-refractivity contribution in [1.82, 2.24) is 4.90 Å². The lowest BCUT2D eigenvalue weighted by molar-refractivity contribution is -0.415. The second-order valence-corrected chi connectivity index (χ2v) is 6.86. The zero-order chi connectivity index (χ0) is 17.8. The van der Waals surface area contributed by atoms with Gasteiger partial charge in [-0.25, -0.2) is 8.42 Å². The molecule has 2 aliphatic rings. The van der Waals surface area contributed by atoms with E-state index in [0.717, 1.165) is 6.07 Å². The Hall–Kier alpha value is -1.92. The molecule has 24 heavy (non-hydrogen) atoms. The van der Waals surface area contributed by atoms with Gasteiger partial charge in [0.25, 0.3) is 16.3 Å². The maximum absolute atomic E-state index is 12.3. The molecule has 0 saturated carbocycles. The number of piperidine rings is 1. The van der Waals surface area contributed by atoms with Crippen LogP contribution < -0.4 is 9.92 Å². The van der Waals surface area contributed by atoms with Crippen molar-refractivity contribution in [3.05, 3.63) is 23.3 Å². The fraction of sp³-hybridized carbons (Fsp3) is 0.462. The number of aromatic hydroxyl groups is 1. The molecular formula is C13H16N2O8S. The number of carbonyl (C=O) groups is 1. The van der Waals surface area contributed by atoms with Crippen LogP contribution >= 0.6 is 0 Å². The van der Waals surface area contributed by atoms with Crippen molar-refractivity contribution in [1.29, 1.82) is 0 Å². The van der Waals surface area contributed by atoms with Gasteiger partial charge in [-0.1, -0.05) is 6.07 Å². The molecule has 0 unspecified atom stereocenters. The minimum Gasteiger partial charge on any atom is -0.716 e. The van der Waals surface area contributed by atoms with Crippen molar-refractivity contribution in [3.8, 4) is 11.5 Å². The minimum atomic E-state index is -5.09. The molecule has 10 nitrogen and oxygen atoms in total. The molecule has 132 valence electrons. The van der Waals surface area contributed by atoms with E-state index in [1.165, 1.54) is 11.0 Å². The third-order valence-corrected chi connectivity index (χ3v) is 4.74. The SMILES string of the molecule is [NH3+][C@H]1C[C@H](O)[C@@H]2[C@H](O)c3ccc(OS(=O)(=O)[O-])c(O)c3CN2C1=O. The van der Waals surface area contributed by atoms with E-state index in [1.807, 2.05) is 0 Å². The van der Waals surface area contributed by atoms with Gasteiger partial charge < -0.3 is 34.7 Å². The van der Waals surface area contributed by atoms with Crippen LogP contribution in [0.3, 0.4) is 0 Å². The third-order valence-electron chi connectivity index (χ3n) is 4.36. The smallest absolute Gasteiger partial charge is 0.281 e. The van der Waals surface area contributed by atoms with E-state index >= 15 is 0 Å². The average Bonchev–Trinajstić information content (AvgIpc) is 2.46. The Morgan fingerprint density at radius 3 is 2.62 bits per heavy atom. The summed E-state index contributed by atoms with van der Waals surface area (Å²) < 4.78 is 36.3. The molecule has 1 aromatic rings. The number of aliphatic hydroxyl groups is 2. The predicted octanol–water partition coefficient (Wildman–Crippen LogP) is -2.65. The standard InChI is InChI=1S/C13H16N2O8S/c14-7-3-8(16)10-12(18)5-1-2-9(23-24(20,21)22)11(17)6(5)4-15(10)13(7)19/h1-2,7-8,10,12,16-18H,3-4,14H2,(H,20,21,22)/t7-,8-,10+,12+/m0/s1. The number of phenols is 1. The molecule has 0 bridgehead atoms. The maximum Gasteiger partial charge on any atom is 0.281 e. The van der Waals surface area contributed by atoms with Gasteiger partial charge in [-0.2, -0.15) is 0 Å². The summed E-state index contributed by atoms with van der Waals surface area (Å²) in [5, 5.41) is 30.8. The summed E-state index contributed by atoms with van der Waals surface area (Å²) >= 11 is 0. The van der Waals surface area contributed by atoms with Crippen molar-refractivity contribution in [3.63, 3.8) is 0 Å². The fourth-order valence-electron chi connectivity index (χ4n) is 3.29. The monoisotopic (exact) mass is 360 g/mol. The first-order valence-corrected chi connectivity index (χ1v) is 8.43. The third kappa shape index (κ3) is 2.70. The summed E-state index contributed by atoms with van der Waals surface area (Å²) in [6.45, 7) is -0.180. The van der Waals surface area contributed by atoms with Crippen LogP contribution in [0.2, 0.25) is 0 Å². The molecule has 1 amide bonds. The summed E-state index contributed by atoms with van der Waals surface area (Å²) in [4.78, 5) is 13.5. The Balaban J connectivity index is 2.06. The molecule has 2 aliphatic heterocycles. The van der Waals surface area contributed by atoms with Crippen LogP contribution in [0.15, 0.2) is 12.1 Å². The molecule has 1 fully saturated rings. The first-order valence-electron chi connectivity index (χ1n) is 7.10. The van der Waals surface area contributed by atoms with Crippen LogP contribution in [0.4, 0.5) is 0 Å². The molecule has 2 heterocycles. The summed E-state index contributed by atoms with van der Waals surface area (Å²) in [7, 11) is -5.09. The Morgan fingerprint density at radius 2 is 2.00 bits per heavy atom. The number of fused-ring (bicyclic) bond motifs is 2. The van der Waals surface area contributed by atoms with E-state index in [4.69, 9.17) is 0 Å². The predicted molar refractivity (Wildman–Crippen MR) is 75.0 cm³/mol. The van der Waals surface area contributed by atoms with Crippen molar-refractivity contribution in [2.24, 2.45) is 0 Å². The number of phenolic OH excluding ortho intramolecular Hbond substituents is 1. The van der Waals surface area contributed by atoms with Gasteiger partial charge in [-0.15, -0.1) is 0 Å². The fourth-order valence-corrected chi connectivity index (χ4v) is 3.64. The number of aliphatic hydroxyl groups excluding tert-OH is 2. The van der Waals surface area contributed by atoms with Crippen LogP contribution in [0.25, 0.3) is 0 Å². The number of benzene rings is 1. The lowest BCUT2D eigenvalue weighted by Gasteiger charge is -2.46. The normalized spacial score (nSPS) is 29.8. The molecule has 3 rings (SSSR count). The van der Waals surface area contributed by atoms with E-state index in [2.05, 4.69) is 9.92 Å². The molecule has 1 saturated heterocycles. The Morgan fingerprint density at radius 1 is 1.33 bits per heavy atom. The molecule has 1 aromatic carbocycles. The van der Waals surface area contributed by atoms with Gasteiger partial charge >= 0.3 is 0 Å². The number of carbonyl (C=O) groups excluding carboxylic acids is 1. The Labute approximate surface area is 137 Å². The Bertz CT molecular complexity index is 795. The highest BCUT2D eigenvalue weighted by atomic mass is 32.3. The van der Waals surface area contributed by atoms with Gasteiger partial charge in [0, 0.05) is 12.0 Å². The van der Waals surface area contributed by atoms with Crippen LogP contribution in [0.1, 0.15) is 23.7 Å². The lowest BCUT2D eigenvalue weighted by Crippen LogP contribution is -2.74. The largest absolute Gasteiger partial charge is 0.716 e. The zero-order valence-corrected chi connectivity index (χ0v) is 13.1. The van der Waals surface area contributed by atoms with Gasteiger partial charge in [-0.3, -0.25) is 4.79 Å². The molecule has 0 radical (unpaired) electrons. The van der Waals surface area contributed by atoms with Crippen molar-refractivity contribution < 1.29 is 43.0 Å². The number of nitrogens with zero attached hydrogens (tertiary/aromatic N) is 1. The van der Waals surface area contributed by atoms with Crippen LogP contribution in [-0.2, 0) is 21.7 Å². The number of hydrogen-bond acceptors (Lipinski definition) is 8. The molecule has 11 heteroatoms. The van der Waals surface area contributed by atoms with Crippen molar-refractivity contribution >= 4 is 16.3 Å². The summed E-state index contributed by atoms with van der Waals surface area (Å²) in [5.41, 5.74) is 3.92. The number of rotatable bonds is 2. The molecular weight excluding hydrogens is 344 g/mol. The van der Waals surface area contributed by atoms with Crippen molar-refractivity contribution in [2.75, 3.05) is 0 Å². The number of amides is 1. The molecule has 0 spiro atoms. The topological polar surface area (TPSA) is 175 Å². The molecule has 6 N–H and O–H groups in total. The lowest BCUT2D eigenvalue weighted by atomic mass is 9.82. The first kappa shape index (κ1) is 16.9. The van der Waals surface area contributed by atoms with Crippen LogP contribution in [0, 0.1) is 0 Å². The van der Waals surface area contributed by atoms with E-state index in [1.54, 1.807) is 0 Å².